The van der Waals surface area contributed by atoms with Crippen molar-refractivity contribution in [2.45, 2.75) is 0 Å². The van der Waals surface area contributed by atoms with Crippen LogP contribution in [0.25, 0.3) is 280 Å². The zero-order valence-corrected chi connectivity index (χ0v) is 80.1. The number of pyridine rings is 3. The molecule has 0 bridgehead atoms. The van der Waals surface area contributed by atoms with Gasteiger partial charge in [-0.25, -0.2) is 0 Å². The summed E-state index contributed by atoms with van der Waals surface area (Å²) < 4.78 is 7.28. The summed E-state index contributed by atoms with van der Waals surface area (Å²) in [5.74, 6) is 0. The molecule has 0 radical (unpaired) electrons. The molecule has 6 aromatic heterocycles. The number of para-hydroxylation sites is 4. The molecule has 0 saturated carbocycles. The lowest BCUT2D eigenvalue weighted by Gasteiger charge is -2.17. The van der Waals surface area contributed by atoms with E-state index in [0.717, 1.165) is 67.5 Å². The standard InChI is InChI=1S/3C47H30N2/c1-3-15-32(16-4-1)44-37-20-9-11-22-39(37)45(40-23-12-10-21-38(40)44)43-29-27-33(30-48-43)36-24-13-25-41-42-28-26-31-14-7-8-19-35(31)46(42)49(47(36)41)34-17-5-2-6-18-34;1-3-14-32(15-4-1)45-38-19-9-11-21-40(38)46(41-22-12-10-20-39(41)45)43-28-25-34(30-48-43)33-24-26-37-42-27-23-31-13-7-8-18-36(31)47(42)49(44(37)29-33)35-16-5-2-6-17-35;1-3-14-32(15-4-1)45-37-19-9-11-21-39(37)46(40-22-12-10-20-38(40)45)43-27-24-34(30-48-43)33-25-28-44-42(29-33)41-26-23-31-13-7-8-18-36(31)47(41)49(44)35-16-5-2-6-17-35/h3*1-30H. The van der Waals surface area contributed by atoms with Crippen LogP contribution >= 0.6 is 0 Å². The molecular weight excluding hydrogens is 1780 g/mol. The summed E-state index contributed by atoms with van der Waals surface area (Å²) in [4.78, 5) is 15.6. The van der Waals surface area contributed by atoms with Gasteiger partial charge in [-0.3, -0.25) is 15.0 Å². The Bertz CT molecular complexity index is 10200. The first-order valence-electron chi connectivity index (χ1n) is 50.4. The fraction of sp³-hybridized carbons (Fsp3) is 0. The smallest absolute Gasteiger partial charge is 0.0714 e. The minimum atomic E-state index is 0.970. The molecule has 0 aliphatic heterocycles. The molecule has 0 spiro atoms. The molecule has 30 rings (SSSR count). The van der Waals surface area contributed by atoms with Gasteiger partial charge in [-0.15, -0.1) is 0 Å². The maximum absolute atomic E-state index is 5.23. The third kappa shape index (κ3) is 14.4. The van der Waals surface area contributed by atoms with Gasteiger partial charge < -0.3 is 13.7 Å². The minimum Gasteiger partial charge on any atom is -0.309 e. The molecule has 30 aromatic rings. The lowest BCUT2D eigenvalue weighted by Crippen LogP contribution is -1.96. The predicted molar refractivity (Wildman–Crippen MR) is 622 cm³/mol. The highest BCUT2D eigenvalue weighted by atomic mass is 15.0. The van der Waals surface area contributed by atoms with Crippen molar-refractivity contribution in [2.75, 3.05) is 0 Å². The molecule has 6 heterocycles. The van der Waals surface area contributed by atoms with Crippen molar-refractivity contribution in [3.8, 4) is 118 Å². The van der Waals surface area contributed by atoms with E-state index in [1.807, 2.05) is 12.4 Å². The van der Waals surface area contributed by atoms with Crippen molar-refractivity contribution in [3.05, 3.63) is 546 Å². The Labute approximate surface area is 848 Å². The number of nitrogens with zero attached hydrogens (tertiary/aromatic N) is 6. The highest BCUT2D eigenvalue weighted by Crippen LogP contribution is 2.51. The first kappa shape index (κ1) is 85.4. The van der Waals surface area contributed by atoms with Crippen molar-refractivity contribution in [1.82, 2.24) is 28.7 Å². The van der Waals surface area contributed by atoms with Gasteiger partial charge in [-0.05, 0) is 198 Å². The minimum absolute atomic E-state index is 0.970. The fourth-order valence-electron chi connectivity index (χ4n) is 23.6. The summed E-state index contributed by atoms with van der Waals surface area (Å²) in [6.07, 6.45) is 6.14. The topological polar surface area (TPSA) is 53.5 Å². The Balaban J connectivity index is 0.000000107. The van der Waals surface area contributed by atoms with Gasteiger partial charge in [0.2, 0.25) is 0 Å². The largest absolute Gasteiger partial charge is 0.309 e. The predicted octanol–water partition coefficient (Wildman–Crippen LogP) is 37.9. The number of hydrogen-bond donors (Lipinski definition) is 0. The Morgan fingerprint density at radius 2 is 0.388 bits per heavy atom. The molecule has 0 aliphatic carbocycles. The fourth-order valence-corrected chi connectivity index (χ4v) is 23.6. The summed E-state index contributed by atoms with van der Waals surface area (Å²) in [5.41, 5.74) is 31.4. The number of benzene rings is 24. The number of hydrogen-bond acceptors (Lipinski definition) is 3. The van der Waals surface area contributed by atoms with Crippen molar-refractivity contribution in [1.29, 1.82) is 0 Å². The molecular formula is C141H90N6. The van der Waals surface area contributed by atoms with Crippen LogP contribution in [0.3, 0.4) is 0 Å². The zero-order chi connectivity index (χ0) is 96.9. The Morgan fingerprint density at radius 1 is 0.129 bits per heavy atom. The lowest BCUT2D eigenvalue weighted by atomic mass is 9.87. The first-order valence-corrected chi connectivity index (χ1v) is 50.4. The van der Waals surface area contributed by atoms with Crippen LogP contribution in [0.2, 0.25) is 0 Å². The van der Waals surface area contributed by atoms with E-state index >= 15 is 0 Å². The van der Waals surface area contributed by atoms with Gasteiger partial charge in [0.25, 0.3) is 0 Å². The quantitative estimate of drug-likeness (QED) is 0.115. The van der Waals surface area contributed by atoms with Gasteiger partial charge in [-0.2, -0.15) is 0 Å². The summed E-state index contributed by atoms with van der Waals surface area (Å²) in [7, 11) is 0. The molecule has 6 heteroatoms. The molecule has 0 atom stereocenters. The molecule has 0 saturated heterocycles. The van der Waals surface area contributed by atoms with Crippen molar-refractivity contribution >= 4 is 162 Å². The highest BCUT2D eigenvalue weighted by molar-refractivity contribution is 6.27. The summed E-state index contributed by atoms with van der Waals surface area (Å²) in [5, 5.41) is 29.6. The van der Waals surface area contributed by atoms with Gasteiger partial charge in [0, 0.05) is 123 Å². The van der Waals surface area contributed by atoms with E-state index in [0.29, 0.717) is 0 Å². The van der Waals surface area contributed by atoms with Crippen molar-refractivity contribution in [2.24, 2.45) is 0 Å². The van der Waals surface area contributed by atoms with E-state index in [2.05, 4.69) is 548 Å². The average Bonchev–Trinajstić information content (AvgIpc) is 1.57. The van der Waals surface area contributed by atoms with Gasteiger partial charge >= 0.3 is 0 Å². The third-order valence-electron chi connectivity index (χ3n) is 30.0. The molecule has 0 fully saturated rings. The van der Waals surface area contributed by atoms with Crippen LogP contribution < -0.4 is 0 Å². The van der Waals surface area contributed by atoms with E-state index in [9.17, 15) is 0 Å². The number of aromatic nitrogens is 6. The maximum Gasteiger partial charge on any atom is 0.0714 e. The monoisotopic (exact) mass is 1870 g/mol. The van der Waals surface area contributed by atoms with Gasteiger partial charge in [0.15, 0.2) is 0 Å². The molecule has 0 unspecified atom stereocenters. The lowest BCUT2D eigenvalue weighted by molar-refractivity contribution is 1.19. The number of rotatable bonds is 12. The highest BCUT2D eigenvalue weighted by Gasteiger charge is 2.27. The molecule has 0 aliphatic rings. The maximum atomic E-state index is 5.23. The zero-order valence-electron chi connectivity index (χ0n) is 80.1. The van der Waals surface area contributed by atoms with Crippen LogP contribution in [0.5, 0.6) is 0 Å². The van der Waals surface area contributed by atoms with E-state index < -0.39 is 0 Å². The normalized spacial score (nSPS) is 11.7. The molecule has 24 aromatic carbocycles. The second kappa shape index (κ2) is 35.9. The van der Waals surface area contributed by atoms with E-state index in [4.69, 9.17) is 15.0 Å². The number of fused-ring (bicyclic) bond motifs is 21. The van der Waals surface area contributed by atoms with Gasteiger partial charge in [-0.1, -0.05) is 455 Å². The second-order valence-electron chi connectivity index (χ2n) is 38.1. The van der Waals surface area contributed by atoms with Crippen LogP contribution in [0, 0.1) is 0 Å². The van der Waals surface area contributed by atoms with Crippen LogP contribution in [0.15, 0.2) is 546 Å². The summed E-state index contributed by atoms with van der Waals surface area (Å²) in [6.45, 7) is 0. The molecule has 147 heavy (non-hydrogen) atoms. The van der Waals surface area contributed by atoms with Gasteiger partial charge in [0.1, 0.15) is 0 Å². The Kier molecular flexibility index (Phi) is 20.9. The third-order valence-corrected chi connectivity index (χ3v) is 30.0. The van der Waals surface area contributed by atoms with Crippen LogP contribution in [-0.4, -0.2) is 28.7 Å². The molecule has 0 N–H and O–H groups in total. The average molecular weight is 1870 g/mol. The molecule has 0 amide bonds. The van der Waals surface area contributed by atoms with E-state index in [-0.39, 0.29) is 0 Å². The summed E-state index contributed by atoms with van der Waals surface area (Å²) in [6, 6.07) is 190. The van der Waals surface area contributed by atoms with Crippen LogP contribution in [0.4, 0.5) is 0 Å². The van der Waals surface area contributed by atoms with Crippen LogP contribution in [-0.2, 0) is 0 Å². The Hall–Kier alpha value is -19.5. The summed E-state index contributed by atoms with van der Waals surface area (Å²) >= 11 is 0. The van der Waals surface area contributed by atoms with E-state index in [1.165, 1.54) is 212 Å². The Morgan fingerprint density at radius 3 is 0.748 bits per heavy atom. The first-order chi connectivity index (χ1) is 73.0. The molecule has 684 valence electrons. The van der Waals surface area contributed by atoms with E-state index in [1.54, 1.807) is 0 Å². The van der Waals surface area contributed by atoms with Crippen molar-refractivity contribution in [3.63, 3.8) is 0 Å². The van der Waals surface area contributed by atoms with Crippen molar-refractivity contribution < 1.29 is 0 Å². The SMILES string of the molecule is c1ccc(-c2c3ccccc3c(-c3ccc(-c4ccc5c(c4)c4ccc6ccccc6c4n5-c4ccccc4)cn3)c3ccccc23)cc1.c1ccc(-c2c3ccccc3c(-c3ccc(-c4ccc5c6ccc7ccccc7c6n(-c6ccccc6)c5c4)cn3)c3ccccc23)cc1.c1ccc(-c2c3ccccc3c(-c3ccc(-c4cccc5c6ccc7ccccc7c6n(-c6ccccc6)c45)cn3)c3ccccc23)cc1. The van der Waals surface area contributed by atoms with Crippen LogP contribution in [0.1, 0.15) is 0 Å². The second-order valence-corrected chi connectivity index (χ2v) is 38.1. The van der Waals surface area contributed by atoms with Gasteiger partial charge in [0.05, 0.1) is 50.2 Å². The molecule has 6 nitrogen and oxygen atoms in total.